The van der Waals surface area contributed by atoms with Crippen molar-refractivity contribution in [3.8, 4) is 0 Å². The standard InChI is InChI=1S/C18H15P.C7H9O.Au/c1-4-10-16(11-5-1)19(17-12-6-2-7-13-17)18-14-8-3-9-15-18;8-7(5-1-2-5)6-3-4-6;/h1-15H;5H,1-4H2;/q;-1;+1. The van der Waals surface area contributed by atoms with E-state index in [4.69, 9.17) is 0 Å². The Balaban J connectivity index is 0.000000209. The molecule has 2 saturated carbocycles. The first-order valence-corrected chi connectivity index (χ1v) is 11.0. The SMILES string of the molecule is O=C([C-]1CC1)C1CC1.[Au+].c1ccc(P(c2ccccc2)c2ccccc2)cc1. The first kappa shape index (κ1) is 21.1. The molecule has 1 nitrogen and oxygen atoms in total. The zero-order valence-corrected chi connectivity index (χ0v) is 18.8. The summed E-state index contributed by atoms with van der Waals surface area (Å²) in [5.41, 5.74) is 0. The molecule has 0 saturated heterocycles. The summed E-state index contributed by atoms with van der Waals surface area (Å²) in [7, 11) is -0.446. The van der Waals surface area contributed by atoms with E-state index in [9.17, 15) is 4.79 Å². The molecule has 0 radical (unpaired) electrons. The molecule has 5 rings (SSSR count). The van der Waals surface area contributed by atoms with Gasteiger partial charge in [-0.3, -0.25) is 0 Å². The monoisotopic (exact) mass is 568 g/mol. The van der Waals surface area contributed by atoms with E-state index in [1.807, 2.05) is 0 Å². The van der Waals surface area contributed by atoms with Crippen LogP contribution < -0.4 is 15.9 Å². The Bertz CT molecular complexity index is 751. The molecule has 0 atom stereocenters. The number of benzene rings is 3. The summed E-state index contributed by atoms with van der Waals surface area (Å²) in [6, 6.07) is 32.3. The number of Topliss-reactive ketones (excluding diaryl/α,β-unsaturated/α-hetero) is 1. The van der Waals surface area contributed by atoms with Crippen LogP contribution in [0.4, 0.5) is 0 Å². The fourth-order valence-corrected chi connectivity index (χ4v) is 5.43. The van der Waals surface area contributed by atoms with Gasteiger partial charge in [0.25, 0.3) is 0 Å². The molecule has 0 aliphatic heterocycles. The van der Waals surface area contributed by atoms with Crippen LogP contribution in [0.3, 0.4) is 0 Å². The van der Waals surface area contributed by atoms with Gasteiger partial charge in [0.15, 0.2) is 0 Å². The van der Waals surface area contributed by atoms with Crippen molar-refractivity contribution in [1.29, 1.82) is 0 Å². The van der Waals surface area contributed by atoms with Crippen LogP contribution in [0.1, 0.15) is 25.7 Å². The Labute approximate surface area is 184 Å². The van der Waals surface area contributed by atoms with E-state index in [0.29, 0.717) is 11.7 Å². The van der Waals surface area contributed by atoms with E-state index in [2.05, 4.69) is 91.0 Å². The first-order valence-electron chi connectivity index (χ1n) is 9.67. The van der Waals surface area contributed by atoms with Crippen molar-refractivity contribution in [1.82, 2.24) is 0 Å². The molecular formula is C25H24AuOP. The number of ketones is 1. The molecule has 2 aliphatic carbocycles. The summed E-state index contributed by atoms with van der Waals surface area (Å²) in [6.07, 6.45) is 4.55. The molecule has 0 bridgehead atoms. The minimum Gasteiger partial charge on any atom is -0.334 e. The van der Waals surface area contributed by atoms with Gasteiger partial charge in [0.2, 0.25) is 0 Å². The molecule has 3 aromatic carbocycles. The Morgan fingerprint density at radius 1 is 0.679 bits per heavy atom. The molecule has 0 spiro atoms. The predicted octanol–water partition coefficient (Wildman–Crippen LogP) is 4.78. The van der Waals surface area contributed by atoms with Gasteiger partial charge >= 0.3 is 22.4 Å². The van der Waals surface area contributed by atoms with Crippen molar-refractivity contribution < 1.29 is 27.2 Å². The third-order valence-electron chi connectivity index (χ3n) is 4.84. The van der Waals surface area contributed by atoms with Gasteiger partial charge in [-0.2, -0.15) is 12.8 Å². The van der Waals surface area contributed by atoms with Gasteiger partial charge in [-0.1, -0.05) is 91.0 Å². The molecule has 0 heterocycles. The molecule has 2 fully saturated rings. The van der Waals surface area contributed by atoms with Crippen molar-refractivity contribution in [3.05, 3.63) is 96.9 Å². The average molecular weight is 568 g/mol. The normalized spacial score (nSPS) is 14.5. The van der Waals surface area contributed by atoms with Gasteiger partial charge in [-0.05, 0) is 42.6 Å². The molecule has 2 aliphatic rings. The number of carbonyl (C=O) groups excluding carboxylic acids is 1. The first-order chi connectivity index (χ1) is 13.3. The smallest absolute Gasteiger partial charge is 0.334 e. The third kappa shape index (κ3) is 5.69. The number of carbonyl (C=O) groups is 1. The van der Waals surface area contributed by atoms with E-state index < -0.39 is 7.92 Å². The van der Waals surface area contributed by atoms with Crippen molar-refractivity contribution in [3.63, 3.8) is 0 Å². The molecule has 0 amide bonds. The molecule has 0 aromatic heterocycles. The van der Waals surface area contributed by atoms with Gasteiger partial charge < -0.3 is 10.7 Å². The van der Waals surface area contributed by atoms with Crippen LogP contribution >= 0.6 is 7.92 Å². The van der Waals surface area contributed by atoms with E-state index in [0.717, 1.165) is 12.8 Å². The minimum atomic E-state index is -0.446. The van der Waals surface area contributed by atoms with Gasteiger partial charge in [0.05, 0.1) is 0 Å². The molecule has 0 N–H and O–H groups in total. The molecule has 3 aromatic rings. The van der Waals surface area contributed by atoms with Crippen molar-refractivity contribution in [2.24, 2.45) is 5.92 Å². The number of rotatable bonds is 5. The van der Waals surface area contributed by atoms with E-state index in [1.54, 1.807) is 0 Å². The molecule has 3 heteroatoms. The second-order valence-electron chi connectivity index (χ2n) is 7.08. The van der Waals surface area contributed by atoms with Crippen molar-refractivity contribution >= 4 is 29.6 Å². The fraction of sp³-hybridized carbons (Fsp3) is 0.200. The van der Waals surface area contributed by atoms with Gasteiger partial charge in [-0.15, -0.1) is 0 Å². The van der Waals surface area contributed by atoms with Crippen LogP contribution in [0, 0.1) is 11.8 Å². The van der Waals surface area contributed by atoms with Crippen LogP contribution in [0.5, 0.6) is 0 Å². The Morgan fingerprint density at radius 2 is 1.04 bits per heavy atom. The average Bonchev–Trinajstić information content (AvgIpc) is 3.64. The van der Waals surface area contributed by atoms with Crippen LogP contribution in [-0.2, 0) is 27.2 Å². The fourth-order valence-electron chi connectivity index (χ4n) is 3.12. The maximum Gasteiger partial charge on any atom is 1.00 e. The summed E-state index contributed by atoms with van der Waals surface area (Å²) in [5.74, 6) is 2.19. The summed E-state index contributed by atoms with van der Waals surface area (Å²) in [6.45, 7) is 0. The minimum absolute atomic E-state index is 0. The summed E-state index contributed by atoms with van der Waals surface area (Å²) in [5, 5.41) is 4.19. The number of hydrogen-bond donors (Lipinski definition) is 0. The Kier molecular flexibility index (Phi) is 7.71. The Hall–Kier alpha value is -1.63. The molecule has 0 unspecified atom stereocenters. The summed E-state index contributed by atoms with van der Waals surface area (Å²) in [4.78, 5) is 10.9. The van der Waals surface area contributed by atoms with E-state index in [1.165, 1.54) is 34.7 Å². The predicted molar refractivity (Wildman–Crippen MR) is 115 cm³/mol. The van der Waals surface area contributed by atoms with Gasteiger partial charge in [0.1, 0.15) is 0 Å². The summed E-state index contributed by atoms with van der Waals surface area (Å²) >= 11 is 0. The molecule has 28 heavy (non-hydrogen) atoms. The van der Waals surface area contributed by atoms with Crippen LogP contribution in [0.2, 0.25) is 0 Å². The van der Waals surface area contributed by atoms with Crippen LogP contribution in [-0.4, -0.2) is 5.78 Å². The maximum atomic E-state index is 10.9. The van der Waals surface area contributed by atoms with Gasteiger partial charge in [-0.25, -0.2) is 0 Å². The quantitative estimate of drug-likeness (QED) is 0.246. The van der Waals surface area contributed by atoms with Crippen molar-refractivity contribution in [2.45, 2.75) is 25.7 Å². The van der Waals surface area contributed by atoms with Crippen LogP contribution in [0.15, 0.2) is 91.0 Å². The van der Waals surface area contributed by atoms with Gasteiger partial charge in [0, 0.05) is 5.78 Å². The maximum absolute atomic E-state index is 10.9. The largest absolute Gasteiger partial charge is 1.00 e. The van der Waals surface area contributed by atoms with Crippen molar-refractivity contribution in [2.75, 3.05) is 0 Å². The second kappa shape index (κ2) is 10.2. The third-order valence-corrected chi connectivity index (χ3v) is 7.28. The Morgan fingerprint density at radius 3 is 1.32 bits per heavy atom. The van der Waals surface area contributed by atoms with Crippen LogP contribution in [0.25, 0.3) is 0 Å². The molecular weight excluding hydrogens is 544 g/mol. The van der Waals surface area contributed by atoms with E-state index >= 15 is 0 Å². The van der Waals surface area contributed by atoms with E-state index in [-0.39, 0.29) is 22.4 Å². The zero-order valence-electron chi connectivity index (χ0n) is 15.7. The number of hydrogen-bond acceptors (Lipinski definition) is 1. The topological polar surface area (TPSA) is 17.1 Å². The zero-order chi connectivity index (χ0) is 18.5. The molecule has 146 valence electrons. The second-order valence-corrected chi connectivity index (χ2v) is 9.30. The summed E-state index contributed by atoms with van der Waals surface area (Å²) < 4.78 is 0.